The standard InChI is InChI=1S/C11H21NO2/c12-9-11(14-10-7-13-8-10)5-3-1-2-4-6-11/h10H,1-9,12H2. The molecular weight excluding hydrogens is 178 g/mol. The molecule has 1 aliphatic carbocycles. The molecule has 82 valence electrons. The molecule has 0 amide bonds. The summed E-state index contributed by atoms with van der Waals surface area (Å²) >= 11 is 0. The third kappa shape index (κ3) is 2.27. The first-order valence-electron chi connectivity index (χ1n) is 5.80. The van der Waals surface area contributed by atoms with Gasteiger partial charge in [0.25, 0.3) is 0 Å². The van der Waals surface area contributed by atoms with Crippen LogP contribution in [0.3, 0.4) is 0 Å². The number of ether oxygens (including phenoxy) is 2. The fourth-order valence-electron chi connectivity index (χ4n) is 2.38. The minimum atomic E-state index is -0.0229. The average molecular weight is 199 g/mol. The Labute approximate surface area is 85.9 Å². The maximum Gasteiger partial charge on any atom is 0.105 e. The lowest BCUT2D eigenvalue weighted by Gasteiger charge is -2.39. The summed E-state index contributed by atoms with van der Waals surface area (Å²) in [7, 11) is 0. The fraction of sp³-hybridized carbons (Fsp3) is 1.00. The van der Waals surface area contributed by atoms with Gasteiger partial charge in [-0.3, -0.25) is 0 Å². The molecule has 2 fully saturated rings. The van der Waals surface area contributed by atoms with E-state index in [4.69, 9.17) is 15.2 Å². The first-order valence-corrected chi connectivity index (χ1v) is 5.80. The van der Waals surface area contributed by atoms with Crippen molar-refractivity contribution in [3.05, 3.63) is 0 Å². The first-order chi connectivity index (χ1) is 6.85. The Morgan fingerprint density at radius 2 is 1.79 bits per heavy atom. The SMILES string of the molecule is NCC1(OC2COC2)CCCCCC1. The van der Waals surface area contributed by atoms with Crippen LogP contribution < -0.4 is 5.73 Å². The molecule has 1 aliphatic heterocycles. The van der Waals surface area contributed by atoms with Crippen molar-refractivity contribution in [3.8, 4) is 0 Å². The van der Waals surface area contributed by atoms with E-state index in [0.717, 1.165) is 26.1 Å². The van der Waals surface area contributed by atoms with Crippen LogP contribution in [0.25, 0.3) is 0 Å². The summed E-state index contributed by atoms with van der Waals surface area (Å²) in [6.45, 7) is 2.20. The summed E-state index contributed by atoms with van der Waals surface area (Å²) in [5.74, 6) is 0. The molecule has 0 aromatic heterocycles. The number of hydrogen-bond acceptors (Lipinski definition) is 3. The maximum atomic E-state index is 6.09. The molecule has 0 spiro atoms. The highest BCUT2D eigenvalue weighted by atomic mass is 16.6. The summed E-state index contributed by atoms with van der Waals surface area (Å²) in [5.41, 5.74) is 5.85. The van der Waals surface area contributed by atoms with Crippen molar-refractivity contribution >= 4 is 0 Å². The molecule has 0 aromatic carbocycles. The number of rotatable bonds is 3. The van der Waals surface area contributed by atoms with Crippen molar-refractivity contribution in [3.63, 3.8) is 0 Å². The van der Waals surface area contributed by atoms with Crippen LogP contribution in [0.1, 0.15) is 38.5 Å². The quantitative estimate of drug-likeness (QED) is 0.700. The Morgan fingerprint density at radius 3 is 2.21 bits per heavy atom. The van der Waals surface area contributed by atoms with Crippen molar-refractivity contribution in [1.29, 1.82) is 0 Å². The molecule has 1 saturated heterocycles. The molecular formula is C11H21NO2. The molecule has 0 radical (unpaired) electrons. The molecule has 1 saturated carbocycles. The van der Waals surface area contributed by atoms with Gasteiger partial charge in [-0.25, -0.2) is 0 Å². The van der Waals surface area contributed by atoms with Gasteiger partial charge in [-0.15, -0.1) is 0 Å². The Kier molecular flexibility index (Phi) is 3.42. The average Bonchev–Trinajstić information content (AvgIpc) is 2.38. The van der Waals surface area contributed by atoms with Gasteiger partial charge >= 0.3 is 0 Å². The zero-order valence-electron chi connectivity index (χ0n) is 8.84. The lowest BCUT2D eigenvalue weighted by molar-refractivity contribution is -0.193. The molecule has 2 rings (SSSR count). The lowest BCUT2D eigenvalue weighted by Crippen LogP contribution is -2.49. The number of hydrogen-bond donors (Lipinski definition) is 1. The van der Waals surface area contributed by atoms with Crippen LogP contribution in [-0.2, 0) is 9.47 Å². The van der Waals surface area contributed by atoms with Crippen molar-refractivity contribution in [2.45, 2.75) is 50.2 Å². The van der Waals surface area contributed by atoms with Crippen molar-refractivity contribution < 1.29 is 9.47 Å². The van der Waals surface area contributed by atoms with E-state index in [2.05, 4.69) is 0 Å². The lowest BCUT2D eigenvalue weighted by atomic mass is 9.94. The Balaban J connectivity index is 1.90. The van der Waals surface area contributed by atoms with Crippen LogP contribution in [0.2, 0.25) is 0 Å². The maximum absolute atomic E-state index is 6.09. The first kappa shape index (κ1) is 10.4. The summed E-state index contributed by atoms with van der Waals surface area (Å²) in [5, 5.41) is 0. The van der Waals surface area contributed by atoms with Crippen LogP contribution in [0.15, 0.2) is 0 Å². The second kappa shape index (κ2) is 4.60. The summed E-state index contributed by atoms with van der Waals surface area (Å²) in [6, 6.07) is 0. The molecule has 0 aromatic rings. The molecule has 0 bridgehead atoms. The highest BCUT2D eigenvalue weighted by molar-refractivity contribution is 4.86. The van der Waals surface area contributed by atoms with E-state index in [9.17, 15) is 0 Å². The molecule has 0 atom stereocenters. The molecule has 3 nitrogen and oxygen atoms in total. The van der Waals surface area contributed by atoms with Gasteiger partial charge in [0.1, 0.15) is 6.10 Å². The van der Waals surface area contributed by atoms with Crippen LogP contribution in [0.4, 0.5) is 0 Å². The van der Waals surface area contributed by atoms with Crippen molar-refractivity contribution in [2.75, 3.05) is 19.8 Å². The largest absolute Gasteiger partial charge is 0.376 e. The van der Waals surface area contributed by atoms with E-state index in [1.54, 1.807) is 0 Å². The van der Waals surface area contributed by atoms with Crippen LogP contribution in [0, 0.1) is 0 Å². The molecule has 2 N–H and O–H groups in total. The third-order valence-electron chi connectivity index (χ3n) is 3.41. The van der Waals surface area contributed by atoms with Gasteiger partial charge in [-0.1, -0.05) is 25.7 Å². The molecule has 1 heterocycles. The van der Waals surface area contributed by atoms with Gasteiger partial charge in [-0.05, 0) is 12.8 Å². The van der Waals surface area contributed by atoms with E-state index in [-0.39, 0.29) is 5.60 Å². The van der Waals surface area contributed by atoms with Gasteiger partial charge in [0, 0.05) is 6.54 Å². The Bertz CT molecular complexity index is 172. The Hall–Kier alpha value is -0.120. The van der Waals surface area contributed by atoms with Gasteiger partial charge in [0.05, 0.1) is 18.8 Å². The Morgan fingerprint density at radius 1 is 1.14 bits per heavy atom. The van der Waals surface area contributed by atoms with Gasteiger partial charge in [-0.2, -0.15) is 0 Å². The summed E-state index contributed by atoms with van der Waals surface area (Å²) < 4.78 is 11.2. The van der Waals surface area contributed by atoms with E-state index in [1.807, 2.05) is 0 Å². The zero-order valence-corrected chi connectivity index (χ0v) is 8.84. The smallest absolute Gasteiger partial charge is 0.105 e. The molecule has 14 heavy (non-hydrogen) atoms. The normalized spacial score (nSPS) is 28.1. The minimum absolute atomic E-state index is 0.0229. The highest BCUT2D eigenvalue weighted by Crippen LogP contribution is 2.31. The van der Waals surface area contributed by atoms with Gasteiger partial charge < -0.3 is 15.2 Å². The van der Waals surface area contributed by atoms with Gasteiger partial charge in [0.15, 0.2) is 0 Å². The van der Waals surface area contributed by atoms with Crippen molar-refractivity contribution in [1.82, 2.24) is 0 Å². The van der Waals surface area contributed by atoms with Crippen LogP contribution in [0.5, 0.6) is 0 Å². The van der Waals surface area contributed by atoms with E-state index >= 15 is 0 Å². The fourth-order valence-corrected chi connectivity index (χ4v) is 2.38. The van der Waals surface area contributed by atoms with Crippen LogP contribution in [-0.4, -0.2) is 31.5 Å². The van der Waals surface area contributed by atoms with Crippen LogP contribution >= 0.6 is 0 Å². The summed E-state index contributed by atoms with van der Waals surface area (Å²) in [4.78, 5) is 0. The molecule has 3 heteroatoms. The number of nitrogens with two attached hydrogens (primary N) is 1. The molecule has 0 unspecified atom stereocenters. The predicted octanol–water partition coefficient (Wildman–Crippen LogP) is 1.45. The topological polar surface area (TPSA) is 44.5 Å². The third-order valence-corrected chi connectivity index (χ3v) is 3.41. The monoisotopic (exact) mass is 199 g/mol. The van der Waals surface area contributed by atoms with E-state index in [0.29, 0.717) is 12.6 Å². The minimum Gasteiger partial charge on any atom is -0.376 e. The van der Waals surface area contributed by atoms with Crippen molar-refractivity contribution in [2.24, 2.45) is 5.73 Å². The summed E-state index contributed by atoms with van der Waals surface area (Å²) in [6.07, 6.45) is 7.81. The van der Waals surface area contributed by atoms with E-state index < -0.39 is 0 Å². The van der Waals surface area contributed by atoms with Gasteiger partial charge in [0.2, 0.25) is 0 Å². The highest BCUT2D eigenvalue weighted by Gasteiger charge is 2.35. The van der Waals surface area contributed by atoms with E-state index in [1.165, 1.54) is 25.7 Å². The predicted molar refractivity (Wildman–Crippen MR) is 55.2 cm³/mol. The molecule has 2 aliphatic rings. The zero-order chi connectivity index (χ0) is 9.86. The second-order valence-corrected chi connectivity index (χ2v) is 4.58. The second-order valence-electron chi connectivity index (χ2n) is 4.58.